The van der Waals surface area contributed by atoms with Crippen LogP contribution in [0.3, 0.4) is 0 Å². The molecule has 2 N–H and O–H groups in total. The van der Waals surface area contributed by atoms with Gasteiger partial charge in [0.15, 0.2) is 5.78 Å². The van der Waals surface area contributed by atoms with Gasteiger partial charge >= 0.3 is 0 Å². The van der Waals surface area contributed by atoms with Crippen LogP contribution in [0.25, 0.3) is 6.08 Å². The van der Waals surface area contributed by atoms with E-state index in [-0.39, 0.29) is 16.6 Å². The molecule has 0 unspecified atom stereocenters. The topological polar surface area (TPSA) is 58.6 Å². The smallest absolute Gasteiger partial charge is 0.185 e. The largest absolute Gasteiger partial charge is 0.507 e. The van der Waals surface area contributed by atoms with Crippen molar-refractivity contribution in [1.82, 2.24) is 0 Å². The lowest BCUT2D eigenvalue weighted by Crippen LogP contribution is -2.22. The summed E-state index contributed by atoms with van der Waals surface area (Å²) in [6.45, 7) is 15.4. The zero-order chi connectivity index (χ0) is 24.8. The van der Waals surface area contributed by atoms with E-state index in [4.69, 9.17) is 4.74 Å². The van der Waals surface area contributed by atoms with Crippen LogP contribution in [0.4, 0.5) is 5.69 Å². The Hall–Kier alpha value is -2.75. The van der Waals surface area contributed by atoms with Crippen molar-refractivity contribution in [2.75, 3.05) is 19.0 Å². The second-order valence-electron chi connectivity index (χ2n) is 9.91. The fourth-order valence-electron chi connectivity index (χ4n) is 3.73. The van der Waals surface area contributed by atoms with Crippen LogP contribution in [-0.2, 0) is 10.8 Å². The maximum absolute atomic E-state index is 12.9. The zero-order valence-electron chi connectivity index (χ0n) is 21.6. The van der Waals surface area contributed by atoms with Crippen LogP contribution < -0.4 is 10.1 Å². The van der Waals surface area contributed by atoms with Crippen molar-refractivity contribution in [1.29, 1.82) is 0 Å². The van der Waals surface area contributed by atoms with Gasteiger partial charge in [-0.05, 0) is 72.6 Å². The molecule has 2 aromatic carbocycles. The molecule has 0 spiro atoms. The summed E-state index contributed by atoms with van der Waals surface area (Å²) in [7, 11) is 1.85. The highest BCUT2D eigenvalue weighted by Gasteiger charge is 2.33. The molecule has 2 rings (SSSR count). The third-order valence-corrected chi connectivity index (χ3v) is 6.78. The molecule has 0 aliphatic heterocycles. The molecule has 4 heteroatoms. The third-order valence-electron chi connectivity index (χ3n) is 6.78. The minimum absolute atomic E-state index is 0.0697. The number of carbonyl (C=O) groups excluding carboxylic acids is 1. The maximum atomic E-state index is 12.9. The number of ether oxygens (including phenoxy) is 1. The molecule has 0 aliphatic carbocycles. The summed E-state index contributed by atoms with van der Waals surface area (Å²) < 4.78 is 6.23. The van der Waals surface area contributed by atoms with Crippen LogP contribution in [0.2, 0.25) is 0 Å². The molecule has 0 aliphatic rings. The van der Waals surface area contributed by atoms with Gasteiger partial charge in [-0.2, -0.15) is 0 Å². The number of ketones is 1. The highest BCUT2D eigenvalue weighted by atomic mass is 16.5. The summed E-state index contributed by atoms with van der Waals surface area (Å²) in [5.41, 5.74) is 3.61. The lowest BCUT2D eigenvalue weighted by Gasteiger charge is -2.33. The Bertz CT molecular complexity index is 985. The molecule has 180 valence electrons. The number of benzene rings is 2. The van der Waals surface area contributed by atoms with Crippen LogP contribution in [0.15, 0.2) is 36.4 Å². The lowest BCUT2D eigenvalue weighted by molar-refractivity contribution is 0.104. The second kappa shape index (κ2) is 10.9. The van der Waals surface area contributed by atoms with Crippen molar-refractivity contribution in [3.05, 3.63) is 58.7 Å². The van der Waals surface area contributed by atoms with Gasteiger partial charge in [0.1, 0.15) is 11.5 Å². The lowest BCUT2D eigenvalue weighted by atomic mass is 9.74. The van der Waals surface area contributed by atoms with Crippen LogP contribution in [-0.4, -0.2) is 24.5 Å². The predicted molar refractivity (Wildman–Crippen MR) is 140 cm³/mol. The molecule has 0 heterocycles. The van der Waals surface area contributed by atoms with E-state index in [2.05, 4.69) is 53.8 Å². The number of hydrogen-bond donors (Lipinski definition) is 2. The first-order chi connectivity index (χ1) is 15.5. The van der Waals surface area contributed by atoms with Gasteiger partial charge in [-0.3, -0.25) is 4.79 Å². The standard InChI is InChI=1S/C29H41NO3/c1-9-18-33-27-21(14-17-24(31)20-12-15-22(30-8)16-13-20)19-23(28(4,5)10-2)26(32)25(27)29(6,7)11-3/h12-17,19,30,32H,9-11,18H2,1-8H3. The molecule has 0 radical (unpaired) electrons. The summed E-state index contributed by atoms with van der Waals surface area (Å²) >= 11 is 0. The number of nitrogens with one attached hydrogen (secondary N) is 1. The van der Waals surface area contributed by atoms with E-state index in [1.807, 2.05) is 43.5 Å². The summed E-state index contributed by atoms with van der Waals surface area (Å²) in [5.74, 6) is 0.914. The fraction of sp³-hybridized carbons (Fsp3) is 0.483. The third kappa shape index (κ3) is 5.98. The SMILES string of the molecule is CCCOc1c(C=CC(=O)c2ccc(NC)cc2)cc(C(C)(C)CC)c(O)c1C(C)(C)CC. The van der Waals surface area contributed by atoms with Crippen molar-refractivity contribution in [3.8, 4) is 11.5 Å². The Morgan fingerprint density at radius 3 is 2.15 bits per heavy atom. The van der Waals surface area contributed by atoms with Gasteiger partial charge in [0.05, 0.1) is 6.61 Å². The zero-order valence-corrected chi connectivity index (χ0v) is 21.6. The molecule has 2 aromatic rings. The second-order valence-corrected chi connectivity index (χ2v) is 9.91. The van der Waals surface area contributed by atoms with Crippen LogP contribution in [0.1, 0.15) is 94.8 Å². The molecule has 0 fully saturated rings. The van der Waals surface area contributed by atoms with Gasteiger partial charge in [-0.1, -0.05) is 48.5 Å². The van der Waals surface area contributed by atoms with Crippen molar-refractivity contribution in [2.24, 2.45) is 0 Å². The first kappa shape index (κ1) is 26.5. The van der Waals surface area contributed by atoms with Gasteiger partial charge in [-0.15, -0.1) is 0 Å². The van der Waals surface area contributed by atoms with Crippen molar-refractivity contribution in [3.63, 3.8) is 0 Å². The number of phenolic OH excluding ortho intramolecular Hbond substituents is 1. The summed E-state index contributed by atoms with van der Waals surface area (Å²) in [4.78, 5) is 12.9. The van der Waals surface area contributed by atoms with Crippen LogP contribution in [0.5, 0.6) is 11.5 Å². The van der Waals surface area contributed by atoms with E-state index < -0.39 is 0 Å². The Morgan fingerprint density at radius 1 is 1.03 bits per heavy atom. The highest BCUT2D eigenvalue weighted by molar-refractivity contribution is 6.07. The molecule has 0 bridgehead atoms. The van der Waals surface area contributed by atoms with E-state index >= 15 is 0 Å². The number of rotatable bonds is 11. The Labute approximate surface area is 200 Å². The molecule has 0 saturated heterocycles. The molecule has 0 amide bonds. The monoisotopic (exact) mass is 451 g/mol. The first-order valence-electron chi connectivity index (χ1n) is 12.1. The molecular weight excluding hydrogens is 410 g/mol. The molecule has 33 heavy (non-hydrogen) atoms. The van der Waals surface area contributed by atoms with Gasteiger partial charge in [-0.25, -0.2) is 0 Å². The minimum atomic E-state index is -0.289. The molecule has 4 nitrogen and oxygen atoms in total. The highest BCUT2D eigenvalue weighted by Crippen LogP contribution is 2.48. The van der Waals surface area contributed by atoms with Crippen molar-refractivity contribution < 1.29 is 14.6 Å². The van der Waals surface area contributed by atoms with Crippen molar-refractivity contribution >= 4 is 17.5 Å². The number of hydrogen-bond acceptors (Lipinski definition) is 4. The summed E-state index contributed by atoms with van der Waals surface area (Å²) in [5, 5.41) is 14.5. The normalized spacial score (nSPS) is 12.2. The minimum Gasteiger partial charge on any atom is -0.507 e. The molecule has 0 atom stereocenters. The fourth-order valence-corrected chi connectivity index (χ4v) is 3.73. The Kier molecular flexibility index (Phi) is 8.76. The number of carbonyl (C=O) groups is 1. The summed E-state index contributed by atoms with van der Waals surface area (Å²) in [6.07, 6.45) is 6.02. The number of anilines is 1. The van der Waals surface area contributed by atoms with E-state index in [0.29, 0.717) is 23.7 Å². The molecular formula is C29H41NO3. The van der Waals surface area contributed by atoms with Crippen molar-refractivity contribution in [2.45, 2.75) is 78.6 Å². The number of allylic oxidation sites excluding steroid dienone is 1. The van der Waals surface area contributed by atoms with Crippen LogP contribution in [0, 0.1) is 0 Å². The molecule has 0 saturated carbocycles. The van der Waals surface area contributed by atoms with E-state index in [0.717, 1.165) is 41.6 Å². The maximum Gasteiger partial charge on any atom is 0.185 e. The van der Waals surface area contributed by atoms with E-state index in [9.17, 15) is 9.90 Å². The number of phenols is 1. The quantitative estimate of drug-likeness (QED) is 0.274. The average Bonchev–Trinajstić information content (AvgIpc) is 2.81. The van der Waals surface area contributed by atoms with Gasteiger partial charge < -0.3 is 15.2 Å². The summed E-state index contributed by atoms with van der Waals surface area (Å²) in [6, 6.07) is 9.41. The first-order valence-corrected chi connectivity index (χ1v) is 12.1. The predicted octanol–water partition coefficient (Wildman–Crippen LogP) is 7.49. The van der Waals surface area contributed by atoms with Gasteiger partial charge in [0.25, 0.3) is 0 Å². The number of aromatic hydroxyl groups is 1. The average molecular weight is 452 g/mol. The Morgan fingerprint density at radius 2 is 1.64 bits per heavy atom. The van der Waals surface area contributed by atoms with Gasteiger partial charge in [0.2, 0.25) is 0 Å². The van der Waals surface area contributed by atoms with E-state index in [1.165, 1.54) is 0 Å². The molecule has 0 aromatic heterocycles. The van der Waals surface area contributed by atoms with Crippen LogP contribution >= 0.6 is 0 Å². The Balaban J connectivity index is 2.69. The van der Waals surface area contributed by atoms with E-state index in [1.54, 1.807) is 6.08 Å². The van der Waals surface area contributed by atoms with Gasteiger partial charge in [0, 0.05) is 35.0 Å².